The molecule has 2 aromatic rings. The molecule has 0 aliphatic rings. The molecule has 0 atom stereocenters. The molecule has 20 heavy (non-hydrogen) atoms. The van der Waals surface area contributed by atoms with Crippen LogP contribution in [0.15, 0.2) is 30.3 Å². The van der Waals surface area contributed by atoms with Crippen LogP contribution in [0.1, 0.15) is 10.4 Å². The molecule has 0 saturated carbocycles. The maximum Gasteiger partial charge on any atom is 0.261 e. The van der Waals surface area contributed by atoms with E-state index in [9.17, 15) is 18.7 Å². The zero-order valence-electron chi connectivity index (χ0n) is 9.75. The van der Waals surface area contributed by atoms with Crippen molar-refractivity contribution in [3.05, 3.63) is 57.6 Å². The van der Waals surface area contributed by atoms with Crippen LogP contribution in [0, 0.1) is 11.6 Å². The zero-order chi connectivity index (χ0) is 14.9. The van der Waals surface area contributed by atoms with Gasteiger partial charge in [0.2, 0.25) is 0 Å². The van der Waals surface area contributed by atoms with E-state index in [-0.39, 0.29) is 15.7 Å². The van der Waals surface area contributed by atoms with Gasteiger partial charge in [-0.2, -0.15) is 0 Å². The number of hydrogen-bond acceptors (Lipinski definition) is 2. The number of rotatable bonds is 2. The molecule has 0 unspecified atom stereocenters. The van der Waals surface area contributed by atoms with E-state index in [1.54, 1.807) is 0 Å². The molecule has 2 rings (SSSR count). The summed E-state index contributed by atoms with van der Waals surface area (Å²) in [5.41, 5.74) is -0.991. The van der Waals surface area contributed by atoms with Gasteiger partial charge in [-0.3, -0.25) is 4.79 Å². The number of anilines is 1. The van der Waals surface area contributed by atoms with Gasteiger partial charge in [0.05, 0.1) is 10.0 Å². The number of benzene rings is 2. The highest BCUT2D eigenvalue weighted by Crippen LogP contribution is 2.37. The number of phenolic OH excluding ortho intramolecular Hbond substituents is 1. The summed E-state index contributed by atoms with van der Waals surface area (Å²) in [6.45, 7) is 0. The van der Waals surface area contributed by atoms with E-state index in [2.05, 4.69) is 5.32 Å². The lowest BCUT2D eigenvalue weighted by molar-refractivity contribution is 0.101. The van der Waals surface area contributed by atoms with Crippen LogP contribution >= 0.6 is 23.2 Å². The lowest BCUT2D eigenvalue weighted by Gasteiger charge is -2.11. The Kier molecular flexibility index (Phi) is 4.11. The van der Waals surface area contributed by atoms with Gasteiger partial charge in [0.25, 0.3) is 5.91 Å². The van der Waals surface area contributed by atoms with Crippen molar-refractivity contribution in [1.29, 1.82) is 0 Å². The van der Waals surface area contributed by atoms with Crippen LogP contribution in [0.5, 0.6) is 5.75 Å². The van der Waals surface area contributed by atoms with Crippen LogP contribution in [0.3, 0.4) is 0 Å². The minimum Gasteiger partial charge on any atom is -0.504 e. The third-order valence-electron chi connectivity index (χ3n) is 2.51. The van der Waals surface area contributed by atoms with Crippen LogP contribution in [-0.2, 0) is 0 Å². The first kappa shape index (κ1) is 14.6. The normalized spacial score (nSPS) is 10.4. The summed E-state index contributed by atoms with van der Waals surface area (Å²) < 4.78 is 26.9. The summed E-state index contributed by atoms with van der Waals surface area (Å²) in [7, 11) is 0. The van der Waals surface area contributed by atoms with Gasteiger partial charge in [-0.05, 0) is 24.3 Å². The summed E-state index contributed by atoms with van der Waals surface area (Å²) in [6.07, 6.45) is 0. The molecule has 3 nitrogen and oxygen atoms in total. The lowest BCUT2D eigenvalue weighted by Crippen LogP contribution is -2.16. The number of amides is 1. The quantitative estimate of drug-likeness (QED) is 0.814. The van der Waals surface area contributed by atoms with Gasteiger partial charge in [0.15, 0.2) is 5.75 Å². The summed E-state index contributed by atoms with van der Waals surface area (Å²) in [4.78, 5) is 11.9. The minimum absolute atomic E-state index is 0.0167. The van der Waals surface area contributed by atoms with Gasteiger partial charge >= 0.3 is 0 Å². The third kappa shape index (κ3) is 2.69. The number of carbonyl (C=O) groups excluding carboxylic acids is 1. The standard InChI is InChI=1S/C13H7Cl2F2NO2/c14-6-4-5-7(15)12(19)11(6)18-13(20)10-8(16)2-1-3-9(10)17/h1-5,19H,(H,18,20). The average molecular weight is 318 g/mol. The number of hydrogen-bond donors (Lipinski definition) is 2. The highest BCUT2D eigenvalue weighted by atomic mass is 35.5. The molecular weight excluding hydrogens is 311 g/mol. The summed E-state index contributed by atoms with van der Waals surface area (Å²) in [5, 5.41) is 11.8. The first-order valence-corrected chi connectivity index (χ1v) is 6.09. The van der Waals surface area contributed by atoms with Crippen molar-refractivity contribution in [3.8, 4) is 5.75 Å². The van der Waals surface area contributed by atoms with Gasteiger partial charge in [-0.25, -0.2) is 8.78 Å². The Hall–Kier alpha value is -1.85. The Morgan fingerprint density at radius 1 is 1.05 bits per heavy atom. The number of nitrogens with one attached hydrogen (secondary N) is 1. The molecule has 0 heterocycles. The highest BCUT2D eigenvalue weighted by molar-refractivity contribution is 6.37. The van der Waals surface area contributed by atoms with Crippen LogP contribution in [0.4, 0.5) is 14.5 Å². The van der Waals surface area contributed by atoms with Gasteiger partial charge in [-0.15, -0.1) is 0 Å². The molecule has 0 aromatic heterocycles. The zero-order valence-corrected chi connectivity index (χ0v) is 11.3. The fraction of sp³-hybridized carbons (Fsp3) is 0. The van der Waals surface area contributed by atoms with Crippen molar-refractivity contribution in [2.45, 2.75) is 0 Å². The monoisotopic (exact) mass is 317 g/mol. The van der Waals surface area contributed by atoms with Crippen molar-refractivity contribution in [2.24, 2.45) is 0 Å². The van der Waals surface area contributed by atoms with E-state index in [4.69, 9.17) is 23.2 Å². The molecule has 2 N–H and O–H groups in total. The third-order valence-corrected chi connectivity index (χ3v) is 3.13. The number of halogens is 4. The molecule has 0 spiro atoms. The second-order valence-electron chi connectivity index (χ2n) is 3.80. The first-order valence-electron chi connectivity index (χ1n) is 5.34. The predicted octanol–water partition coefficient (Wildman–Crippen LogP) is 4.23. The summed E-state index contributed by atoms with van der Waals surface area (Å²) >= 11 is 11.5. The molecule has 1 amide bonds. The van der Waals surface area contributed by atoms with Crippen molar-refractivity contribution in [3.63, 3.8) is 0 Å². The lowest BCUT2D eigenvalue weighted by atomic mass is 10.1. The van der Waals surface area contributed by atoms with Gasteiger partial charge in [0, 0.05) is 0 Å². The molecule has 0 aliphatic carbocycles. The van der Waals surface area contributed by atoms with Crippen LogP contribution in [0.2, 0.25) is 10.0 Å². The molecule has 0 saturated heterocycles. The molecule has 2 aromatic carbocycles. The minimum atomic E-state index is -1.08. The predicted molar refractivity (Wildman–Crippen MR) is 72.4 cm³/mol. The Bertz CT molecular complexity index is 672. The van der Waals surface area contributed by atoms with Crippen LogP contribution in [0.25, 0.3) is 0 Å². The SMILES string of the molecule is O=C(Nc1c(Cl)ccc(Cl)c1O)c1c(F)cccc1F. The molecular formula is C13H7Cl2F2NO2. The van der Waals surface area contributed by atoms with E-state index >= 15 is 0 Å². The van der Waals surface area contributed by atoms with E-state index in [1.807, 2.05) is 0 Å². The van der Waals surface area contributed by atoms with Crippen molar-refractivity contribution >= 4 is 34.8 Å². The van der Waals surface area contributed by atoms with Gasteiger partial charge < -0.3 is 10.4 Å². The maximum absolute atomic E-state index is 13.5. The smallest absolute Gasteiger partial charge is 0.261 e. The topological polar surface area (TPSA) is 49.3 Å². The molecule has 104 valence electrons. The van der Waals surface area contributed by atoms with E-state index < -0.39 is 28.9 Å². The fourth-order valence-corrected chi connectivity index (χ4v) is 1.91. The van der Waals surface area contributed by atoms with Gasteiger partial charge in [-0.1, -0.05) is 29.3 Å². The fourth-order valence-electron chi connectivity index (χ4n) is 1.55. The van der Waals surface area contributed by atoms with Crippen molar-refractivity contribution in [1.82, 2.24) is 0 Å². The summed E-state index contributed by atoms with van der Waals surface area (Å²) in [5.74, 6) is -3.62. The Morgan fingerprint density at radius 2 is 1.60 bits per heavy atom. The molecule has 0 fully saturated rings. The van der Waals surface area contributed by atoms with Crippen molar-refractivity contribution < 1.29 is 18.7 Å². The molecule has 7 heteroatoms. The van der Waals surface area contributed by atoms with Crippen LogP contribution in [-0.4, -0.2) is 11.0 Å². The second-order valence-corrected chi connectivity index (χ2v) is 4.62. The maximum atomic E-state index is 13.5. The van der Waals surface area contributed by atoms with E-state index in [0.717, 1.165) is 18.2 Å². The second kappa shape index (κ2) is 5.64. The first-order chi connectivity index (χ1) is 9.41. The van der Waals surface area contributed by atoms with Crippen molar-refractivity contribution in [2.75, 3.05) is 5.32 Å². The number of aromatic hydroxyl groups is 1. The van der Waals surface area contributed by atoms with Crippen LogP contribution < -0.4 is 5.32 Å². The molecule has 0 radical (unpaired) electrons. The number of phenols is 1. The van der Waals surface area contributed by atoms with E-state index in [1.165, 1.54) is 12.1 Å². The van der Waals surface area contributed by atoms with E-state index in [0.29, 0.717) is 0 Å². The molecule has 0 bridgehead atoms. The Morgan fingerprint density at radius 3 is 2.20 bits per heavy atom. The largest absolute Gasteiger partial charge is 0.504 e. The highest BCUT2D eigenvalue weighted by Gasteiger charge is 2.20. The molecule has 0 aliphatic heterocycles. The number of carbonyl (C=O) groups is 1. The Labute approximate surface area is 122 Å². The summed E-state index contributed by atoms with van der Waals surface area (Å²) in [6, 6.07) is 5.66. The van der Waals surface area contributed by atoms with Gasteiger partial charge in [0.1, 0.15) is 22.9 Å². The Balaban J connectivity index is 2.41. The average Bonchev–Trinajstić information content (AvgIpc) is 2.39.